The van der Waals surface area contributed by atoms with Crippen LogP contribution in [-0.2, 0) is 37.5 Å². The Kier molecular flexibility index (Phi) is 23.1. The molecule has 0 aromatic heterocycles. The summed E-state index contributed by atoms with van der Waals surface area (Å²) in [4.78, 5) is 55.1. The van der Waals surface area contributed by atoms with Gasteiger partial charge in [0.25, 0.3) is 0 Å². The Labute approximate surface area is 458 Å². The number of aliphatic hydroxyl groups is 2. The number of nitrogens with one attached hydrogen (secondary N) is 2. The standard InChI is InChI=1S/C26H49ClINO5Si2.C26H50ClNO5Si2/c1-24(2,3)36(7,8)34-21(19-12-10-9-11-13-19)26(23(31)33-16-17-35(4,5)6)25(32,18-28)20(14-15-27)22(30)29-26;1-24(2,3)35(8,9)33-21(19-13-11-10-12-14-19)26(23(30)32-17-18-34(5,6)7)25(4,31)20(15-16-27)22(29)28-26/h19-21,32H,9-18H2,1-8H3,(H,29,30);19-21,31H,10-18H2,1-9H3,(H,28,29)/t2*20-,21-,25-,26-/m00/s1. The molecule has 2 heterocycles. The van der Waals surface area contributed by atoms with E-state index in [-0.39, 0.29) is 76.0 Å². The Morgan fingerprint density at radius 1 is 0.634 bits per heavy atom. The summed E-state index contributed by atoms with van der Waals surface area (Å²) in [7, 11) is -7.71. The largest absolute Gasteiger partial charge is 0.464 e. The quantitative estimate of drug-likeness (QED) is 0.0375. The molecule has 2 saturated heterocycles. The van der Waals surface area contributed by atoms with Crippen molar-refractivity contribution in [2.75, 3.05) is 29.4 Å². The van der Waals surface area contributed by atoms with Gasteiger partial charge in [0.2, 0.25) is 11.8 Å². The average molecular weight is 1220 g/mol. The lowest BCUT2D eigenvalue weighted by Crippen LogP contribution is -2.74. The van der Waals surface area contributed by atoms with Crippen LogP contribution >= 0.6 is 45.8 Å². The minimum absolute atomic E-state index is 0.0435. The van der Waals surface area contributed by atoms with Crippen LogP contribution in [-0.4, -0.2) is 131 Å². The fourth-order valence-corrected chi connectivity index (χ4v) is 16.2. The van der Waals surface area contributed by atoms with Crippen LogP contribution in [0.1, 0.15) is 126 Å². The number of alkyl halides is 3. The Morgan fingerprint density at radius 2 is 0.972 bits per heavy atom. The van der Waals surface area contributed by atoms with Crippen LogP contribution in [0.25, 0.3) is 0 Å². The number of halogens is 3. The van der Waals surface area contributed by atoms with Gasteiger partial charge < -0.3 is 39.2 Å². The molecule has 4 N–H and O–H groups in total. The Hall–Kier alpha value is -0.102. The van der Waals surface area contributed by atoms with Crippen LogP contribution in [0.15, 0.2) is 0 Å². The van der Waals surface area contributed by atoms with Crippen molar-refractivity contribution in [2.24, 2.45) is 23.7 Å². The van der Waals surface area contributed by atoms with Crippen LogP contribution < -0.4 is 10.6 Å². The van der Waals surface area contributed by atoms with Gasteiger partial charge >= 0.3 is 11.9 Å². The second-order valence-corrected chi connectivity index (χ2v) is 49.4. The number of esters is 2. The van der Waals surface area contributed by atoms with Gasteiger partial charge in [-0.3, -0.25) is 9.59 Å². The smallest absolute Gasteiger partial charge is 0.337 e. The second-order valence-electron chi connectivity index (χ2n) is 27.1. The van der Waals surface area contributed by atoms with Gasteiger partial charge in [-0.05, 0) is 106 Å². The zero-order valence-corrected chi connectivity index (χ0v) is 54.9. The lowest BCUT2D eigenvalue weighted by Gasteiger charge is -2.52. The van der Waals surface area contributed by atoms with Gasteiger partial charge in [-0.25, -0.2) is 9.59 Å². The first-order valence-electron chi connectivity index (χ1n) is 26.8. The maximum Gasteiger partial charge on any atom is 0.337 e. The third-order valence-electron chi connectivity index (χ3n) is 17.3. The molecular weight excluding hydrogens is 1120 g/mol. The molecule has 0 aromatic carbocycles. The van der Waals surface area contributed by atoms with Crippen molar-refractivity contribution in [2.45, 2.75) is 248 Å². The number of hydrogen-bond acceptors (Lipinski definition) is 10. The summed E-state index contributed by atoms with van der Waals surface area (Å²) in [6.07, 6.45) is 9.31. The summed E-state index contributed by atoms with van der Waals surface area (Å²) in [6, 6.07) is 1.63. The van der Waals surface area contributed by atoms with Gasteiger partial charge in [0, 0.05) is 32.3 Å². The fraction of sp³-hybridized carbons (Fsp3) is 0.923. The SMILES string of the molecule is CC(C)(C)[Si](C)(C)O[C@@H](C1CCCCC1)[C@@]1(C(=O)OCC[Si](C)(C)C)NC(=O)[C@H](CCCl)[C@@]1(O)CI.CC(C)(C)[Si](C)(C)O[C@@H](C1CCCCC1)[C@@]1(C(=O)OCC[Si](C)(C)C)NC(=O)[C@H](CCCl)[C@]1(C)O. The molecule has 0 aromatic rings. The summed E-state index contributed by atoms with van der Waals surface area (Å²) >= 11 is 14.3. The van der Waals surface area contributed by atoms with Crippen LogP contribution in [0.4, 0.5) is 0 Å². The van der Waals surface area contributed by atoms with Crippen LogP contribution in [0, 0.1) is 23.7 Å². The number of rotatable bonds is 21. The first-order chi connectivity index (χ1) is 32.4. The molecule has 2 amide bonds. The van der Waals surface area contributed by atoms with E-state index < -0.39 is 91.0 Å². The molecule has 4 rings (SSSR count). The lowest BCUT2D eigenvalue weighted by atomic mass is 9.67. The Morgan fingerprint density at radius 3 is 1.32 bits per heavy atom. The Balaban J connectivity index is 0.000000375. The second kappa shape index (κ2) is 25.1. The molecule has 414 valence electrons. The van der Waals surface area contributed by atoms with Crippen LogP contribution in [0.3, 0.4) is 0 Å². The highest BCUT2D eigenvalue weighted by Gasteiger charge is 2.74. The molecule has 19 heteroatoms. The van der Waals surface area contributed by atoms with Crippen molar-refractivity contribution >= 4 is 102 Å². The van der Waals surface area contributed by atoms with Crippen molar-refractivity contribution in [3.05, 3.63) is 0 Å². The third-order valence-corrected chi connectivity index (χ3v) is 31.2. The highest BCUT2D eigenvalue weighted by atomic mass is 127. The van der Waals surface area contributed by atoms with Crippen molar-refractivity contribution in [3.63, 3.8) is 0 Å². The van der Waals surface area contributed by atoms with Gasteiger partial charge in [-0.2, -0.15) is 0 Å². The molecule has 0 unspecified atom stereocenters. The van der Waals surface area contributed by atoms with Gasteiger partial charge in [-0.15, -0.1) is 23.2 Å². The Bertz CT molecular complexity index is 1790. The van der Waals surface area contributed by atoms with E-state index in [2.05, 4.69) is 140 Å². The maximum absolute atomic E-state index is 14.3. The summed E-state index contributed by atoms with van der Waals surface area (Å²) in [5.74, 6) is -2.90. The molecule has 8 atom stereocenters. The number of ether oxygens (including phenoxy) is 2. The normalized spacial score (nSPS) is 29.4. The molecule has 0 spiro atoms. The topological polar surface area (TPSA) is 170 Å². The maximum atomic E-state index is 14.3. The molecule has 0 bridgehead atoms. The average Bonchev–Trinajstić information content (AvgIpc) is 3.60. The van der Waals surface area contributed by atoms with E-state index in [1.54, 1.807) is 6.92 Å². The zero-order valence-electron chi connectivity index (χ0n) is 47.2. The van der Waals surface area contributed by atoms with E-state index in [0.717, 1.165) is 76.3 Å². The van der Waals surface area contributed by atoms with Gasteiger partial charge in [0.15, 0.2) is 27.7 Å². The summed E-state index contributed by atoms with van der Waals surface area (Å²) in [5, 5.41) is 30.3. The molecule has 4 fully saturated rings. The monoisotopic (exact) mass is 1220 g/mol. The van der Waals surface area contributed by atoms with Crippen molar-refractivity contribution in [3.8, 4) is 0 Å². The number of carbonyl (C=O) groups excluding carboxylic acids is 4. The highest BCUT2D eigenvalue weighted by Crippen LogP contribution is 2.52. The molecule has 71 heavy (non-hydrogen) atoms. The van der Waals surface area contributed by atoms with E-state index in [4.69, 9.17) is 41.5 Å². The van der Waals surface area contributed by atoms with Crippen molar-refractivity contribution in [1.82, 2.24) is 10.6 Å². The molecule has 0 radical (unpaired) electrons. The molecule has 4 aliphatic rings. The zero-order chi connectivity index (χ0) is 54.5. The van der Waals surface area contributed by atoms with E-state index in [0.29, 0.717) is 0 Å². The van der Waals surface area contributed by atoms with Crippen LogP contribution in [0.5, 0.6) is 0 Å². The lowest BCUT2D eigenvalue weighted by molar-refractivity contribution is -0.177. The molecule has 2 saturated carbocycles. The summed E-state index contributed by atoms with van der Waals surface area (Å²) in [6.45, 7) is 37.2. The number of amides is 2. The van der Waals surface area contributed by atoms with Gasteiger partial charge in [0.1, 0.15) is 11.2 Å². The van der Waals surface area contributed by atoms with Crippen molar-refractivity contribution in [1.29, 1.82) is 0 Å². The minimum atomic E-state index is -2.40. The van der Waals surface area contributed by atoms with E-state index >= 15 is 0 Å². The van der Waals surface area contributed by atoms with E-state index in [1.807, 2.05) is 0 Å². The van der Waals surface area contributed by atoms with Crippen molar-refractivity contribution < 1.29 is 47.7 Å². The number of carbonyl (C=O) groups is 4. The third kappa shape index (κ3) is 14.9. The minimum Gasteiger partial charge on any atom is -0.464 e. The highest BCUT2D eigenvalue weighted by molar-refractivity contribution is 14.1. The predicted molar refractivity (Wildman–Crippen MR) is 309 cm³/mol. The molecule has 2 aliphatic carbocycles. The first kappa shape index (κ1) is 65.2. The number of hydrogen-bond donors (Lipinski definition) is 4. The van der Waals surface area contributed by atoms with E-state index in [1.165, 1.54) is 0 Å². The molecule has 12 nitrogen and oxygen atoms in total. The summed E-state index contributed by atoms with van der Waals surface area (Å²) < 4.78 is 26.2. The van der Waals surface area contributed by atoms with Gasteiger partial charge in [0.05, 0.1) is 37.3 Å². The van der Waals surface area contributed by atoms with E-state index in [9.17, 15) is 29.4 Å². The van der Waals surface area contributed by atoms with Crippen LogP contribution in [0.2, 0.25) is 87.6 Å². The summed E-state index contributed by atoms with van der Waals surface area (Å²) in [5.41, 5.74) is -6.70. The fourth-order valence-electron chi connectivity index (χ4n) is 10.5. The molecule has 2 aliphatic heterocycles. The first-order valence-corrected chi connectivity index (χ1v) is 42.7. The predicted octanol–water partition coefficient (Wildman–Crippen LogP) is 11.8. The van der Waals surface area contributed by atoms with Gasteiger partial charge in [-0.1, -0.05) is 142 Å². The molecular formula is C52H99Cl2IN2O10Si4.